The molecule has 96 valence electrons. The number of esters is 1. The summed E-state index contributed by atoms with van der Waals surface area (Å²) >= 11 is 0. The smallest absolute Gasteiger partial charge is 0.305 e. The normalized spacial score (nSPS) is 30.1. The van der Waals surface area contributed by atoms with Gasteiger partial charge >= 0.3 is 5.97 Å². The quantitative estimate of drug-likeness (QED) is 0.546. The summed E-state index contributed by atoms with van der Waals surface area (Å²) in [5.74, 6) is 0.544. The molecule has 1 fully saturated rings. The Hall–Kier alpha value is -1.12. The third kappa shape index (κ3) is 2.76. The molecule has 0 N–H and O–H groups in total. The lowest BCUT2D eigenvalue weighted by Gasteiger charge is -2.33. The van der Waals surface area contributed by atoms with E-state index in [9.17, 15) is 9.59 Å². The van der Waals surface area contributed by atoms with Crippen LogP contribution in [0.2, 0.25) is 0 Å². The fourth-order valence-electron chi connectivity index (χ4n) is 3.06. The first-order chi connectivity index (χ1) is 7.95. The van der Waals surface area contributed by atoms with Crippen LogP contribution in [0.1, 0.15) is 39.5 Å². The van der Waals surface area contributed by atoms with Crippen molar-refractivity contribution in [3.63, 3.8) is 0 Å². The van der Waals surface area contributed by atoms with Crippen molar-refractivity contribution in [1.82, 2.24) is 0 Å². The highest BCUT2D eigenvalue weighted by Gasteiger charge is 2.47. The number of methoxy groups -OCH3 is 1. The molecular weight excluding hydrogens is 216 g/mol. The van der Waals surface area contributed by atoms with E-state index >= 15 is 0 Å². The first-order valence-corrected chi connectivity index (χ1v) is 6.16. The molecule has 0 amide bonds. The minimum atomic E-state index is -0.338. The van der Waals surface area contributed by atoms with Crippen molar-refractivity contribution in [2.45, 2.75) is 39.5 Å². The largest absolute Gasteiger partial charge is 0.469 e. The van der Waals surface area contributed by atoms with E-state index in [1.165, 1.54) is 7.11 Å². The summed E-state index contributed by atoms with van der Waals surface area (Å²) in [6.07, 6.45) is 4.39. The van der Waals surface area contributed by atoms with Gasteiger partial charge in [0.2, 0.25) is 0 Å². The molecule has 0 aromatic carbocycles. The number of ketones is 1. The monoisotopic (exact) mass is 238 g/mol. The standard InChI is InChI=1S/C14H22O3/c1-5-8-14(3)11(6-7-12(14)15)10(2)9-13(16)17-4/h5,10-11H,1,6-9H2,2-4H3/t10-,11-,14-/m0/s1. The highest BCUT2D eigenvalue weighted by molar-refractivity contribution is 5.87. The van der Waals surface area contributed by atoms with Crippen LogP contribution in [-0.2, 0) is 14.3 Å². The maximum absolute atomic E-state index is 12.0. The van der Waals surface area contributed by atoms with Gasteiger partial charge < -0.3 is 4.74 Å². The van der Waals surface area contributed by atoms with Crippen LogP contribution in [0.25, 0.3) is 0 Å². The van der Waals surface area contributed by atoms with Gasteiger partial charge in [0, 0.05) is 18.3 Å². The number of carbonyl (C=O) groups is 2. The summed E-state index contributed by atoms with van der Waals surface area (Å²) in [4.78, 5) is 23.3. The number of ether oxygens (including phenoxy) is 1. The van der Waals surface area contributed by atoms with Gasteiger partial charge in [-0.1, -0.05) is 19.9 Å². The maximum Gasteiger partial charge on any atom is 0.305 e. The van der Waals surface area contributed by atoms with Crippen LogP contribution in [0.5, 0.6) is 0 Å². The summed E-state index contributed by atoms with van der Waals surface area (Å²) in [7, 11) is 1.40. The fourth-order valence-corrected chi connectivity index (χ4v) is 3.06. The van der Waals surface area contributed by atoms with Crippen molar-refractivity contribution >= 4 is 11.8 Å². The number of Topliss-reactive ketones (excluding diaryl/α,β-unsaturated/α-hetero) is 1. The topological polar surface area (TPSA) is 43.4 Å². The summed E-state index contributed by atoms with van der Waals surface area (Å²) in [6.45, 7) is 7.76. The molecule has 1 aliphatic carbocycles. The first kappa shape index (κ1) is 13.9. The Balaban J connectivity index is 2.78. The highest BCUT2D eigenvalue weighted by Crippen LogP contribution is 2.47. The van der Waals surface area contributed by atoms with E-state index in [0.29, 0.717) is 25.0 Å². The highest BCUT2D eigenvalue weighted by atomic mass is 16.5. The Kier molecular flexibility index (Phi) is 4.49. The predicted octanol–water partition coefficient (Wildman–Crippen LogP) is 2.75. The Morgan fingerprint density at radius 1 is 1.71 bits per heavy atom. The van der Waals surface area contributed by atoms with Crippen molar-refractivity contribution in [2.24, 2.45) is 17.3 Å². The zero-order valence-electron chi connectivity index (χ0n) is 11.0. The molecular formula is C14H22O3. The second kappa shape index (κ2) is 5.48. The number of rotatable bonds is 5. The van der Waals surface area contributed by atoms with Crippen LogP contribution < -0.4 is 0 Å². The van der Waals surface area contributed by atoms with Crippen LogP contribution in [0.15, 0.2) is 12.7 Å². The summed E-state index contributed by atoms with van der Waals surface area (Å²) in [5.41, 5.74) is -0.338. The minimum Gasteiger partial charge on any atom is -0.469 e. The molecule has 3 nitrogen and oxygen atoms in total. The fraction of sp³-hybridized carbons (Fsp3) is 0.714. The van der Waals surface area contributed by atoms with Gasteiger partial charge in [-0.25, -0.2) is 0 Å². The van der Waals surface area contributed by atoms with Crippen LogP contribution >= 0.6 is 0 Å². The molecule has 3 heteroatoms. The van der Waals surface area contributed by atoms with Gasteiger partial charge in [-0.05, 0) is 24.7 Å². The summed E-state index contributed by atoms with van der Waals surface area (Å²) < 4.78 is 4.69. The van der Waals surface area contributed by atoms with Gasteiger partial charge in [-0.2, -0.15) is 0 Å². The average molecular weight is 238 g/mol. The van der Waals surface area contributed by atoms with Crippen LogP contribution in [0, 0.1) is 17.3 Å². The van der Waals surface area contributed by atoms with E-state index in [0.717, 1.165) is 6.42 Å². The van der Waals surface area contributed by atoms with E-state index in [2.05, 4.69) is 6.58 Å². The number of hydrogen-bond acceptors (Lipinski definition) is 3. The Morgan fingerprint density at radius 2 is 2.35 bits per heavy atom. The van der Waals surface area contributed by atoms with E-state index in [1.54, 1.807) is 6.08 Å². The second-order valence-corrected chi connectivity index (χ2v) is 5.24. The third-order valence-electron chi connectivity index (χ3n) is 4.11. The van der Waals surface area contributed by atoms with Crippen LogP contribution in [-0.4, -0.2) is 18.9 Å². The lowest BCUT2D eigenvalue weighted by Crippen LogP contribution is -2.33. The SMILES string of the molecule is C=CC[C@]1(C)C(=O)CC[C@H]1[C@@H](C)CC(=O)OC. The third-order valence-corrected chi connectivity index (χ3v) is 4.11. The molecule has 0 aromatic rings. The predicted molar refractivity (Wildman–Crippen MR) is 66.4 cm³/mol. The summed E-state index contributed by atoms with van der Waals surface area (Å²) in [5, 5.41) is 0. The molecule has 0 bridgehead atoms. The summed E-state index contributed by atoms with van der Waals surface area (Å²) in [6, 6.07) is 0. The first-order valence-electron chi connectivity index (χ1n) is 6.16. The van der Waals surface area contributed by atoms with E-state index < -0.39 is 0 Å². The van der Waals surface area contributed by atoms with Gasteiger partial charge in [0.15, 0.2) is 0 Å². The van der Waals surface area contributed by atoms with Gasteiger partial charge in [0.1, 0.15) is 5.78 Å². The molecule has 1 rings (SSSR count). The van der Waals surface area contributed by atoms with E-state index in [1.807, 2.05) is 13.8 Å². The molecule has 0 saturated heterocycles. The minimum absolute atomic E-state index is 0.179. The Labute approximate surface area is 103 Å². The van der Waals surface area contributed by atoms with Gasteiger partial charge in [0.05, 0.1) is 7.11 Å². The Morgan fingerprint density at radius 3 is 2.88 bits per heavy atom. The van der Waals surface area contributed by atoms with Crippen molar-refractivity contribution in [3.8, 4) is 0 Å². The van der Waals surface area contributed by atoms with E-state index in [-0.39, 0.29) is 23.2 Å². The van der Waals surface area contributed by atoms with Crippen molar-refractivity contribution in [1.29, 1.82) is 0 Å². The van der Waals surface area contributed by atoms with Gasteiger partial charge in [-0.15, -0.1) is 6.58 Å². The molecule has 0 spiro atoms. The van der Waals surface area contributed by atoms with Crippen LogP contribution in [0.4, 0.5) is 0 Å². The van der Waals surface area contributed by atoms with E-state index in [4.69, 9.17) is 4.74 Å². The molecule has 17 heavy (non-hydrogen) atoms. The zero-order valence-corrected chi connectivity index (χ0v) is 11.0. The zero-order chi connectivity index (χ0) is 13.1. The maximum atomic E-state index is 12.0. The molecule has 0 aromatic heterocycles. The number of hydrogen-bond donors (Lipinski definition) is 0. The van der Waals surface area contributed by atoms with Crippen LogP contribution in [0.3, 0.4) is 0 Å². The molecule has 1 aliphatic rings. The molecule has 0 radical (unpaired) electrons. The van der Waals surface area contributed by atoms with Crippen molar-refractivity contribution < 1.29 is 14.3 Å². The molecule has 0 unspecified atom stereocenters. The lowest BCUT2D eigenvalue weighted by atomic mass is 9.70. The second-order valence-electron chi connectivity index (χ2n) is 5.24. The number of allylic oxidation sites excluding steroid dienone is 1. The van der Waals surface area contributed by atoms with Gasteiger partial charge in [-0.3, -0.25) is 9.59 Å². The molecule has 0 heterocycles. The van der Waals surface area contributed by atoms with Crippen molar-refractivity contribution in [3.05, 3.63) is 12.7 Å². The number of carbonyl (C=O) groups excluding carboxylic acids is 2. The molecule has 3 atom stereocenters. The average Bonchev–Trinajstić information content (AvgIpc) is 2.56. The lowest BCUT2D eigenvalue weighted by molar-refractivity contribution is -0.142. The molecule has 1 saturated carbocycles. The Bertz CT molecular complexity index is 321. The molecule has 0 aliphatic heterocycles. The van der Waals surface area contributed by atoms with Gasteiger partial charge in [0.25, 0.3) is 0 Å². The van der Waals surface area contributed by atoms with Crippen molar-refractivity contribution in [2.75, 3.05) is 7.11 Å².